The molecule has 0 radical (unpaired) electrons. The summed E-state index contributed by atoms with van der Waals surface area (Å²) in [7, 11) is 0. The molecule has 10 heteroatoms. The molecule has 43 heavy (non-hydrogen) atoms. The van der Waals surface area contributed by atoms with Crippen LogP contribution in [0.2, 0.25) is 0 Å². The van der Waals surface area contributed by atoms with Crippen LogP contribution >= 0.6 is 0 Å². The number of nitrogens with one attached hydrogen (secondary N) is 1. The Morgan fingerprint density at radius 2 is 1.12 bits per heavy atom. The molecule has 0 saturated heterocycles. The van der Waals surface area contributed by atoms with Crippen LogP contribution in [-0.4, -0.2) is 80.1 Å². The molecule has 3 aromatic rings. The summed E-state index contributed by atoms with van der Waals surface area (Å²) in [5, 5.41) is 32.3. The second-order valence-electron chi connectivity index (χ2n) is 10.5. The zero-order valence-electron chi connectivity index (χ0n) is 24.0. The molecule has 2 bridgehead atoms. The van der Waals surface area contributed by atoms with Crippen LogP contribution in [0, 0.1) is 18.8 Å². The van der Waals surface area contributed by atoms with E-state index >= 15 is 0 Å². The molecule has 6 rings (SSSR count). The summed E-state index contributed by atoms with van der Waals surface area (Å²) in [6.45, 7) is 2.08. The number of hydrogen-bond donors (Lipinski definition) is 4. The minimum absolute atomic E-state index is 0.0153. The average molecular weight is 592 g/mol. The van der Waals surface area contributed by atoms with E-state index in [0.717, 1.165) is 5.56 Å². The molecule has 228 valence electrons. The Bertz CT molecular complexity index is 1390. The number of aliphatic hydroxyl groups excluding tert-OH is 2. The van der Waals surface area contributed by atoms with Gasteiger partial charge in [-0.05, 0) is 40.8 Å². The third kappa shape index (κ3) is 5.35. The van der Waals surface area contributed by atoms with Gasteiger partial charge in [-0.1, -0.05) is 66.7 Å². The first-order valence-electron chi connectivity index (χ1n) is 14.4. The predicted molar refractivity (Wildman–Crippen MR) is 157 cm³/mol. The SMILES string of the molecule is Cc1ccccc1NC(=O)C1C(C(=O)O)C2(OCCOCCO)c3ccccc3C1(OCCOCCO)c1ccccc12. The number of aliphatic carboxylic acids is 1. The number of benzene rings is 3. The Hall–Kier alpha value is -3.64. The van der Waals surface area contributed by atoms with Crippen LogP contribution in [0.4, 0.5) is 5.69 Å². The van der Waals surface area contributed by atoms with Crippen molar-refractivity contribution in [1.29, 1.82) is 0 Å². The first kappa shape index (κ1) is 30.8. The summed E-state index contributed by atoms with van der Waals surface area (Å²) in [4.78, 5) is 28.0. The second-order valence-corrected chi connectivity index (χ2v) is 10.5. The van der Waals surface area contributed by atoms with Crippen LogP contribution in [0.3, 0.4) is 0 Å². The molecule has 0 saturated carbocycles. The smallest absolute Gasteiger partial charge is 0.311 e. The van der Waals surface area contributed by atoms with E-state index in [9.17, 15) is 19.8 Å². The lowest BCUT2D eigenvalue weighted by Crippen LogP contribution is -2.67. The van der Waals surface area contributed by atoms with Crippen molar-refractivity contribution in [2.24, 2.45) is 11.8 Å². The molecule has 0 aliphatic heterocycles. The Balaban J connectivity index is 1.72. The largest absolute Gasteiger partial charge is 0.481 e. The number of para-hydroxylation sites is 1. The maximum Gasteiger partial charge on any atom is 0.311 e. The number of anilines is 1. The minimum Gasteiger partial charge on any atom is -0.481 e. The van der Waals surface area contributed by atoms with Gasteiger partial charge in [-0.2, -0.15) is 0 Å². The molecule has 0 aromatic heterocycles. The number of amides is 1. The Morgan fingerprint density at radius 3 is 1.56 bits per heavy atom. The summed E-state index contributed by atoms with van der Waals surface area (Å²) in [6, 6.07) is 21.9. The van der Waals surface area contributed by atoms with Gasteiger partial charge >= 0.3 is 5.97 Å². The highest BCUT2D eigenvalue weighted by atomic mass is 16.6. The van der Waals surface area contributed by atoms with Gasteiger partial charge in [0.2, 0.25) is 5.91 Å². The maximum atomic E-state index is 14.5. The monoisotopic (exact) mass is 591 g/mol. The van der Waals surface area contributed by atoms with Crippen LogP contribution in [0.25, 0.3) is 0 Å². The van der Waals surface area contributed by atoms with Crippen molar-refractivity contribution in [2.45, 2.75) is 18.1 Å². The van der Waals surface area contributed by atoms with Crippen molar-refractivity contribution >= 4 is 17.6 Å². The van der Waals surface area contributed by atoms with E-state index in [1.165, 1.54) is 0 Å². The van der Waals surface area contributed by atoms with E-state index in [0.29, 0.717) is 27.9 Å². The van der Waals surface area contributed by atoms with Gasteiger partial charge in [-0.15, -0.1) is 0 Å². The molecule has 0 fully saturated rings. The van der Waals surface area contributed by atoms with E-state index in [1.807, 2.05) is 67.6 Å². The number of ether oxygens (including phenoxy) is 4. The minimum atomic E-state index is -1.55. The van der Waals surface area contributed by atoms with Gasteiger partial charge in [0.25, 0.3) is 0 Å². The Labute approximate surface area is 250 Å². The summed E-state index contributed by atoms with van der Waals surface area (Å²) >= 11 is 0. The number of carbonyl (C=O) groups excluding carboxylic acids is 1. The molecule has 0 spiro atoms. The highest BCUT2D eigenvalue weighted by molar-refractivity contribution is 5.99. The number of rotatable bonds is 15. The van der Waals surface area contributed by atoms with E-state index in [4.69, 9.17) is 24.1 Å². The van der Waals surface area contributed by atoms with E-state index in [-0.39, 0.29) is 52.9 Å². The normalized spacial score (nSPS) is 23.4. The molecule has 4 N–H and O–H groups in total. The lowest BCUT2D eigenvalue weighted by Gasteiger charge is -2.60. The molecule has 3 aromatic carbocycles. The molecule has 10 nitrogen and oxygen atoms in total. The number of carbonyl (C=O) groups is 2. The topological polar surface area (TPSA) is 144 Å². The van der Waals surface area contributed by atoms with Gasteiger partial charge in [0, 0.05) is 5.69 Å². The first-order chi connectivity index (χ1) is 20.9. The third-order valence-electron chi connectivity index (χ3n) is 8.20. The molecule has 3 aliphatic rings. The van der Waals surface area contributed by atoms with Crippen molar-refractivity contribution in [1.82, 2.24) is 0 Å². The first-order valence-corrected chi connectivity index (χ1v) is 14.4. The van der Waals surface area contributed by atoms with Gasteiger partial charge in [-0.3, -0.25) is 9.59 Å². The summed E-state index contributed by atoms with van der Waals surface area (Å²) in [5.74, 6) is -4.38. The fourth-order valence-corrected chi connectivity index (χ4v) is 6.61. The number of aliphatic hydroxyl groups is 2. The fraction of sp³-hybridized carbons (Fsp3) is 0.394. The summed E-state index contributed by atoms with van der Waals surface area (Å²) in [5.41, 5.74) is 0.804. The molecular formula is C33H37NO9. The van der Waals surface area contributed by atoms with Gasteiger partial charge in [0.05, 0.1) is 58.8 Å². The zero-order valence-corrected chi connectivity index (χ0v) is 24.0. The lowest BCUT2D eigenvalue weighted by atomic mass is 9.49. The van der Waals surface area contributed by atoms with Gasteiger partial charge in [0.1, 0.15) is 17.1 Å². The molecular weight excluding hydrogens is 554 g/mol. The number of carboxylic acid groups (broad SMARTS) is 1. The number of carboxylic acids is 1. The Kier molecular flexibility index (Phi) is 9.55. The molecule has 1 amide bonds. The van der Waals surface area contributed by atoms with Crippen molar-refractivity contribution in [2.75, 3.05) is 58.2 Å². The van der Waals surface area contributed by atoms with Gasteiger partial charge in [-0.25, -0.2) is 0 Å². The summed E-state index contributed by atoms with van der Waals surface area (Å²) < 4.78 is 24.3. The highest BCUT2D eigenvalue weighted by Crippen LogP contribution is 2.65. The van der Waals surface area contributed by atoms with Crippen LogP contribution in [0.15, 0.2) is 72.8 Å². The fourth-order valence-electron chi connectivity index (χ4n) is 6.61. The predicted octanol–water partition coefficient (Wildman–Crippen LogP) is 2.82. The van der Waals surface area contributed by atoms with Crippen LogP contribution < -0.4 is 5.32 Å². The van der Waals surface area contributed by atoms with Gasteiger partial charge < -0.3 is 39.6 Å². The van der Waals surface area contributed by atoms with Crippen LogP contribution in [0.1, 0.15) is 27.8 Å². The van der Waals surface area contributed by atoms with E-state index < -0.39 is 34.9 Å². The summed E-state index contributed by atoms with van der Waals surface area (Å²) in [6.07, 6.45) is 0. The van der Waals surface area contributed by atoms with Crippen molar-refractivity contribution < 1.29 is 43.9 Å². The average Bonchev–Trinajstić information content (AvgIpc) is 3.02. The molecule has 0 heterocycles. The lowest BCUT2D eigenvalue weighted by molar-refractivity contribution is -0.200. The third-order valence-corrected chi connectivity index (χ3v) is 8.20. The molecule has 3 aliphatic carbocycles. The standard InChI is InChI=1S/C33H37NO9/c1-22-8-2-7-13-27(22)34-30(37)28-29(31(38)39)33(43-21-19-41-17-15-36)25-11-5-3-9-23(25)32(28,42-20-18-40-16-14-35)24-10-4-6-12-26(24)33/h2-13,28-29,35-36H,14-21H2,1H3,(H,34,37)(H,38,39). The van der Waals surface area contributed by atoms with Crippen molar-refractivity contribution in [3.63, 3.8) is 0 Å². The van der Waals surface area contributed by atoms with Gasteiger partial charge in [0.15, 0.2) is 0 Å². The highest BCUT2D eigenvalue weighted by Gasteiger charge is 2.71. The van der Waals surface area contributed by atoms with E-state index in [2.05, 4.69) is 5.32 Å². The quantitative estimate of drug-likeness (QED) is 0.196. The van der Waals surface area contributed by atoms with Crippen LogP contribution in [0.5, 0.6) is 0 Å². The maximum absolute atomic E-state index is 14.5. The van der Waals surface area contributed by atoms with E-state index in [1.54, 1.807) is 12.1 Å². The number of hydrogen-bond acceptors (Lipinski definition) is 8. The Morgan fingerprint density at radius 1 is 0.674 bits per heavy atom. The van der Waals surface area contributed by atoms with Crippen molar-refractivity contribution in [3.05, 3.63) is 101 Å². The molecule has 2 unspecified atom stereocenters. The van der Waals surface area contributed by atoms with Crippen LogP contribution in [-0.2, 0) is 39.7 Å². The van der Waals surface area contributed by atoms with Crippen molar-refractivity contribution in [3.8, 4) is 0 Å². The molecule has 2 atom stereocenters. The number of fused-ring (bicyclic) bond motifs is 1. The number of aryl methyl sites for hydroxylation is 1. The zero-order chi connectivity index (χ0) is 30.5. The second kappa shape index (κ2) is 13.3.